The molecule has 1 aliphatic rings. The minimum Gasteiger partial charge on any atom is -0.396 e. The van der Waals surface area contributed by atoms with Crippen molar-refractivity contribution in [1.29, 1.82) is 0 Å². The van der Waals surface area contributed by atoms with E-state index in [-0.39, 0.29) is 10.7 Å². The molecule has 0 aliphatic carbocycles. The lowest BCUT2D eigenvalue weighted by Gasteiger charge is -2.32. The summed E-state index contributed by atoms with van der Waals surface area (Å²) >= 11 is 0.964. The van der Waals surface area contributed by atoms with Crippen molar-refractivity contribution in [2.75, 3.05) is 11.9 Å². The van der Waals surface area contributed by atoms with Crippen LogP contribution in [0.4, 0.5) is 20.2 Å². The number of anilines is 2. The zero-order valence-electron chi connectivity index (χ0n) is 15.6. The maximum Gasteiger partial charge on any atom is 0.525 e. The molecule has 4 rings (SSSR count). The average Bonchev–Trinajstić information content (AvgIpc) is 2.67. The average molecular weight is 447 g/mol. The second-order valence-electron chi connectivity index (χ2n) is 6.54. The third-order valence-electron chi connectivity index (χ3n) is 4.54. The van der Waals surface area contributed by atoms with E-state index in [1.165, 1.54) is 24.3 Å². The first-order valence-corrected chi connectivity index (χ1v) is 11.1. The van der Waals surface area contributed by atoms with E-state index in [4.69, 9.17) is 4.52 Å². The van der Waals surface area contributed by atoms with Crippen molar-refractivity contribution in [3.05, 3.63) is 94.6 Å². The number of hydrogen-bond acceptors (Lipinski definition) is 4. The van der Waals surface area contributed by atoms with Crippen LogP contribution in [0, 0.1) is 11.6 Å². The fourth-order valence-corrected chi connectivity index (χ4v) is 4.89. The van der Waals surface area contributed by atoms with Crippen LogP contribution in [0.5, 0.6) is 0 Å². The molecule has 0 spiro atoms. The van der Waals surface area contributed by atoms with Crippen LogP contribution >= 0.6 is 19.6 Å². The standard InChI is InChI=1S/C21H16F2NO4PS/c1-24-18-9-7-13(22)11-16(18)20(17-12-14(23)8-10-19(17)24)21(28-29(25,26)27)30-15-5-3-2-4-6-15/h2-12H,1H3,(H2,25,26,27). The first kappa shape index (κ1) is 20.6. The predicted octanol–water partition coefficient (Wildman–Crippen LogP) is 5.66. The molecule has 30 heavy (non-hydrogen) atoms. The Bertz CT molecular complexity index is 1140. The number of fused-ring (bicyclic) bond motifs is 2. The molecule has 0 radical (unpaired) electrons. The molecule has 1 aliphatic heterocycles. The zero-order chi connectivity index (χ0) is 21.5. The van der Waals surface area contributed by atoms with E-state index in [1.807, 2.05) is 0 Å². The topological polar surface area (TPSA) is 70.0 Å². The molecule has 1 heterocycles. The summed E-state index contributed by atoms with van der Waals surface area (Å²) in [5, 5.41) is -0.152. The van der Waals surface area contributed by atoms with Crippen LogP contribution < -0.4 is 4.90 Å². The molecule has 3 aromatic carbocycles. The fourth-order valence-electron chi connectivity index (χ4n) is 3.32. The molecule has 0 amide bonds. The van der Waals surface area contributed by atoms with Gasteiger partial charge in [-0.2, -0.15) is 0 Å². The quantitative estimate of drug-likeness (QED) is 0.305. The first-order chi connectivity index (χ1) is 14.2. The lowest BCUT2D eigenvalue weighted by molar-refractivity contribution is 0.255. The first-order valence-electron chi connectivity index (χ1n) is 8.79. The van der Waals surface area contributed by atoms with Crippen molar-refractivity contribution in [2.45, 2.75) is 4.90 Å². The fraction of sp³-hybridized carbons (Fsp3) is 0.0476. The summed E-state index contributed by atoms with van der Waals surface area (Å²) in [6, 6.07) is 17.0. The number of rotatable bonds is 4. The van der Waals surface area contributed by atoms with E-state index < -0.39 is 19.5 Å². The number of hydrogen-bond donors (Lipinski definition) is 2. The van der Waals surface area contributed by atoms with Gasteiger partial charge in [0.25, 0.3) is 0 Å². The molecular formula is C21H16F2NO4PS. The second kappa shape index (κ2) is 7.89. The maximum atomic E-state index is 14.2. The van der Waals surface area contributed by atoms with Gasteiger partial charge in [-0.05, 0) is 48.5 Å². The van der Waals surface area contributed by atoms with E-state index in [0.717, 1.165) is 11.8 Å². The van der Waals surface area contributed by atoms with Crippen molar-refractivity contribution in [3.63, 3.8) is 0 Å². The van der Waals surface area contributed by atoms with Crippen LogP contribution in [-0.4, -0.2) is 16.8 Å². The monoisotopic (exact) mass is 447 g/mol. The van der Waals surface area contributed by atoms with Crippen LogP contribution in [0.2, 0.25) is 0 Å². The van der Waals surface area contributed by atoms with Crippen LogP contribution in [0.1, 0.15) is 11.1 Å². The SMILES string of the molecule is CN1c2ccc(F)cc2C(=C(OP(=O)(O)O)Sc2ccccc2)c2cc(F)ccc21. The minimum atomic E-state index is -4.97. The van der Waals surface area contributed by atoms with Crippen molar-refractivity contribution >= 4 is 36.5 Å². The highest BCUT2D eigenvalue weighted by atomic mass is 32.2. The molecule has 2 N–H and O–H groups in total. The van der Waals surface area contributed by atoms with E-state index in [2.05, 4.69) is 0 Å². The van der Waals surface area contributed by atoms with Gasteiger partial charge in [0.2, 0.25) is 0 Å². The molecular weight excluding hydrogens is 431 g/mol. The van der Waals surface area contributed by atoms with Crippen molar-refractivity contribution in [2.24, 2.45) is 0 Å². The largest absolute Gasteiger partial charge is 0.525 e. The van der Waals surface area contributed by atoms with Gasteiger partial charge in [-0.1, -0.05) is 30.0 Å². The van der Waals surface area contributed by atoms with Gasteiger partial charge in [-0.3, -0.25) is 9.79 Å². The zero-order valence-corrected chi connectivity index (χ0v) is 17.3. The molecule has 0 atom stereocenters. The Labute approximate surface area is 175 Å². The van der Waals surface area contributed by atoms with Gasteiger partial charge in [0, 0.05) is 40.0 Å². The lowest BCUT2D eigenvalue weighted by atomic mass is 9.91. The summed E-state index contributed by atoms with van der Waals surface area (Å²) in [7, 11) is -3.22. The highest BCUT2D eigenvalue weighted by Crippen LogP contribution is 2.52. The minimum absolute atomic E-state index is 0.152. The van der Waals surface area contributed by atoms with Gasteiger partial charge in [0.15, 0.2) is 5.09 Å². The van der Waals surface area contributed by atoms with Gasteiger partial charge < -0.3 is 9.42 Å². The van der Waals surface area contributed by atoms with E-state index >= 15 is 0 Å². The van der Waals surface area contributed by atoms with E-state index in [0.29, 0.717) is 27.4 Å². The number of phosphoric ester groups is 1. The van der Waals surface area contributed by atoms with Crippen LogP contribution in [0.25, 0.3) is 5.57 Å². The van der Waals surface area contributed by atoms with Gasteiger partial charge >= 0.3 is 7.82 Å². The molecule has 9 heteroatoms. The summed E-state index contributed by atoms with van der Waals surface area (Å²) in [4.78, 5) is 21.5. The molecule has 154 valence electrons. The Hall–Kier alpha value is -2.64. The molecule has 0 fully saturated rings. The van der Waals surface area contributed by atoms with Gasteiger partial charge in [0.1, 0.15) is 11.6 Å². The van der Waals surface area contributed by atoms with Crippen molar-refractivity contribution in [1.82, 2.24) is 0 Å². The smallest absolute Gasteiger partial charge is 0.396 e. The highest BCUT2D eigenvalue weighted by molar-refractivity contribution is 8.03. The number of thioether (sulfide) groups is 1. The van der Waals surface area contributed by atoms with Crippen molar-refractivity contribution < 1.29 is 27.7 Å². The molecule has 0 bridgehead atoms. The highest BCUT2D eigenvalue weighted by Gasteiger charge is 2.31. The Morgan fingerprint density at radius 3 is 1.97 bits per heavy atom. The molecule has 0 saturated heterocycles. The summed E-state index contributed by atoms with van der Waals surface area (Å²) < 4.78 is 45.1. The van der Waals surface area contributed by atoms with E-state index in [1.54, 1.807) is 54.4 Å². The molecule has 5 nitrogen and oxygen atoms in total. The Kier molecular flexibility index (Phi) is 5.42. The van der Waals surface area contributed by atoms with Crippen LogP contribution in [0.3, 0.4) is 0 Å². The van der Waals surface area contributed by atoms with Crippen LogP contribution in [0.15, 0.2) is 76.7 Å². The maximum absolute atomic E-state index is 14.2. The third kappa shape index (κ3) is 4.13. The van der Waals surface area contributed by atoms with Gasteiger partial charge in [-0.25, -0.2) is 13.3 Å². The molecule has 0 unspecified atom stereocenters. The number of benzene rings is 3. The summed E-state index contributed by atoms with van der Waals surface area (Å²) in [5.41, 5.74) is 2.05. The Balaban J connectivity index is 2.04. The lowest BCUT2D eigenvalue weighted by Crippen LogP contribution is -2.19. The van der Waals surface area contributed by atoms with Gasteiger partial charge in [-0.15, -0.1) is 0 Å². The normalized spacial score (nSPS) is 13.0. The molecule has 0 aromatic heterocycles. The van der Waals surface area contributed by atoms with Gasteiger partial charge in [0.05, 0.1) is 0 Å². The number of nitrogens with zero attached hydrogens (tertiary/aromatic N) is 1. The number of halogens is 2. The Morgan fingerprint density at radius 1 is 0.933 bits per heavy atom. The van der Waals surface area contributed by atoms with E-state index in [9.17, 15) is 23.1 Å². The summed E-state index contributed by atoms with van der Waals surface area (Å²) in [6.45, 7) is 0. The van der Waals surface area contributed by atoms with Crippen LogP contribution in [-0.2, 0) is 9.09 Å². The third-order valence-corrected chi connectivity index (χ3v) is 6.06. The van der Waals surface area contributed by atoms with Crippen molar-refractivity contribution in [3.8, 4) is 0 Å². The number of phosphoric acid groups is 1. The molecule has 0 saturated carbocycles. The second-order valence-corrected chi connectivity index (χ2v) is 8.75. The summed E-state index contributed by atoms with van der Waals surface area (Å²) in [5.74, 6) is -1.08. The Morgan fingerprint density at radius 2 is 1.47 bits per heavy atom. The molecule has 3 aromatic rings. The predicted molar refractivity (Wildman–Crippen MR) is 112 cm³/mol. The summed E-state index contributed by atoms with van der Waals surface area (Å²) in [6.07, 6.45) is 0.